The van der Waals surface area contributed by atoms with Crippen molar-refractivity contribution in [2.24, 2.45) is 0 Å². The molecule has 0 radical (unpaired) electrons. The van der Waals surface area contributed by atoms with E-state index >= 15 is 0 Å². The molecule has 0 saturated carbocycles. The average molecular weight is 355 g/mol. The number of allylic oxidation sites excluding steroid dienone is 1. The first-order valence-corrected chi connectivity index (χ1v) is 8.62. The zero-order valence-corrected chi connectivity index (χ0v) is 14.6. The van der Waals surface area contributed by atoms with Crippen LogP contribution in [0.2, 0.25) is 0 Å². The Morgan fingerprint density at radius 3 is 2.72 bits per heavy atom. The smallest absolute Gasteiger partial charge is 0.203 e. The van der Waals surface area contributed by atoms with Gasteiger partial charge in [0.05, 0.1) is 25.2 Å². The van der Waals surface area contributed by atoms with Gasteiger partial charge in [0.1, 0.15) is 17.4 Å². The molecule has 1 aromatic heterocycles. The summed E-state index contributed by atoms with van der Waals surface area (Å²) in [6.45, 7) is 2.97. The number of ether oxygens (including phenoxy) is 2. The highest BCUT2D eigenvalue weighted by Gasteiger charge is 2.16. The number of benzene rings is 1. The van der Waals surface area contributed by atoms with Gasteiger partial charge in [0, 0.05) is 24.8 Å². The Morgan fingerprint density at radius 1 is 1.36 bits per heavy atom. The van der Waals surface area contributed by atoms with Crippen LogP contribution in [0.5, 0.6) is 5.75 Å². The molecule has 0 N–H and O–H groups in total. The van der Waals surface area contributed by atoms with Gasteiger partial charge in [-0.1, -0.05) is 11.3 Å². The highest BCUT2D eigenvalue weighted by Crippen LogP contribution is 2.26. The van der Waals surface area contributed by atoms with Crippen molar-refractivity contribution in [1.82, 2.24) is 4.98 Å². The quantitative estimate of drug-likeness (QED) is 0.466. The van der Waals surface area contributed by atoms with Crippen molar-refractivity contribution >= 4 is 28.3 Å². The predicted octanol–water partition coefficient (Wildman–Crippen LogP) is 2.78. The monoisotopic (exact) mass is 355 g/mol. The molecule has 25 heavy (non-hydrogen) atoms. The lowest BCUT2D eigenvalue weighted by Gasteiger charge is -2.25. The van der Waals surface area contributed by atoms with Gasteiger partial charge < -0.3 is 14.4 Å². The lowest BCUT2D eigenvalue weighted by molar-refractivity contribution is 0.104. The second-order valence-corrected chi connectivity index (χ2v) is 6.41. The van der Waals surface area contributed by atoms with E-state index in [-0.39, 0.29) is 11.4 Å². The van der Waals surface area contributed by atoms with E-state index in [9.17, 15) is 10.1 Å². The number of thiazole rings is 1. The molecule has 1 aliphatic heterocycles. The van der Waals surface area contributed by atoms with Gasteiger partial charge in [-0.05, 0) is 30.3 Å². The first-order chi connectivity index (χ1) is 12.2. The van der Waals surface area contributed by atoms with Gasteiger partial charge in [0.25, 0.3) is 0 Å². The maximum Gasteiger partial charge on any atom is 0.203 e. The van der Waals surface area contributed by atoms with Crippen molar-refractivity contribution in [1.29, 1.82) is 5.26 Å². The van der Waals surface area contributed by atoms with Crippen LogP contribution in [0.1, 0.15) is 15.2 Å². The second kappa shape index (κ2) is 7.92. The van der Waals surface area contributed by atoms with E-state index in [1.54, 1.807) is 43.6 Å². The topological polar surface area (TPSA) is 75.5 Å². The lowest BCUT2D eigenvalue weighted by atomic mass is 10.0. The number of nitriles is 1. The molecular weight excluding hydrogens is 338 g/mol. The zero-order valence-electron chi connectivity index (χ0n) is 13.8. The van der Waals surface area contributed by atoms with Crippen LogP contribution in [-0.2, 0) is 4.74 Å². The Bertz CT molecular complexity index is 815. The van der Waals surface area contributed by atoms with E-state index in [0.717, 1.165) is 23.1 Å². The van der Waals surface area contributed by atoms with Gasteiger partial charge in [0.2, 0.25) is 5.78 Å². The van der Waals surface area contributed by atoms with Crippen molar-refractivity contribution in [3.63, 3.8) is 0 Å². The van der Waals surface area contributed by atoms with Gasteiger partial charge in [-0.25, -0.2) is 4.98 Å². The molecule has 7 heteroatoms. The summed E-state index contributed by atoms with van der Waals surface area (Å²) in [5.74, 6) is 0.350. The highest BCUT2D eigenvalue weighted by atomic mass is 32.1. The average Bonchev–Trinajstić information content (AvgIpc) is 3.15. The molecule has 1 saturated heterocycles. The van der Waals surface area contributed by atoms with Crippen LogP contribution in [0.25, 0.3) is 6.08 Å². The fourth-order valence-electron chi connectivity index (χ4n) is 2.43. The van der Waals surface area contributed by atoms with Crippen LogP contribution >= 0.6 is 11.3 Å². The fraction of sp³-hybridized carbons (Fsp3) is 0.278. The van der Waals surface area contributed by atoms with Gasteiger partial charge >= 0.3 is 0 Å². The summed E-state index contributed by atoms with van der Waals surface area (Å²) in [7, 11) is 1.56. The number of hydrogen-bond donors (Lipinski definition) is 0. The number of hydrogen-bond acceptors (Lipinski definition) is 7. The van der Waals surface area contributed by atoms with Crippen LogP contribution in [0.4, 0.5) is 5.13 Å². The van der Waals surface area contributed by atoms with E-state index in [4.69, 9.17) is 9.47 Å². The van der Waals surface area contributed by atoms with Crippen LogP contribution in [-0.4, -0.2) is 44.2 Å². The van der Waals surface area contributed by atoms with Crippen LogP contribution in [0, 0.1) is 11.3 Å². The minimum atomic E-state index is -0.313. The molecule has 0 spiro atoms. The van der Waals surface area contributed by atoms with Crippen molar-refractivity contribution in [3.05, 3.63) is 46.5 Å². The molecule has 0 bridgehead atoms. The number of anilines is 1. The van der Waals surface area contributed by atoms with Crippen LogP contribution < -0.4 is 9.64 Å². The van der Waals surface area contributed by atoms with Crippen molar-refractivity contribution in [2.75, 3.05) is 38.3 Å². The SMILES string of the molecule is COc1ccc(C(=O)C(C#N)=Cc2cnc(N3CCOCC3)s2)cc1. The molecule has 1 aliphatic rings. The standard InChI is InChI=1S/C18H17N3O3S/c1-23-15-4-2-13(3-5-15)17(22)14(11-19)10-16-12-20-18(25-16)21-6-8-24-9-7-21/h2-5,10,12H,6-9H2,1H3. The zero-order chi connectivity index (χ0) is 17.6. The van der Waals surface area contributed by atoms with Gasteiger partial charge in [-0.15, -0.1) is 0 Å². The summed E-state index contributed by atoms with van der Waals surface area (Å²) in [5.41, 5.74) is 0.536. The Kier molecular flexibility index (Phi) is 5.43. The number of Topliss-reactive ketones (excluding diaryl/α,β-unsaturated/α-hetero) is 1. The molecule has 0 amide bonds. The number of carbonyl (C=O) groups is 1. The van der Waals surface area contributed by atoms with Crippen LogP contribution in [0.3, 0.4) is 0 Å². The Labute approximate surface area is 149 Å². The van der Waals surface area contributed by atoms with Crippen molar-refractivity contribution < 1.29 is 14.3 Å². The molecular formula is C18H17N3O3S. The van der Waals surface area contributed by atoms with Gasteiger partial charge in [-0.3, -0.25) is 4.79 Å². The van der Waals surface area contributed by atoms with Crippen LogP contribution in [0.15, 0.2) is 36.0 Å². The van der Waals surface area contributed by atoms with Crippen molar-refractivity contribution in [2.45, 2.75) is 0 Å². The summed E-state index contributed by atoms with van der Waals surface area (Å²) < 4.78 is 10.4. The van der Waals surface area contributed by atoms with Gasteiger partial charge in [0.15, 0.2) is 5.13 Å². The number of morpholine rings is 1. The maximum atomic E-state index is 12.5. The lowest BCUT2D eigenvalue weighted by Crippen LogP contribution is -2.36. The number of rotatable bonds is 5. The second-order valence-electron chi connectivity index (χ2n) is 5.37. The van der Waals surface area contributed by atoms with Crippen molar-refractivity contribution in [3.8, 4) is 11.8 Å². The maximum absolute atomic E-state index is 12.5. The van der Waals surface area contributed by atoms with E-state index in [1.165, 1.54) is 11.3 Å². The molecule has 0 aliphatic carbocycles. The normalized spacial score (nSPS) is 14.9. The minimum absolute atomic E-state index is 0.0855. The number of nitrogens with zero attached hydrogens (tertiary/aromatic N) is 3. The molecule has 1 aromatic carbocycles. The minimum Gasteiger partial charge on any atom is -0.497 e. The molecule has 1 fully saturated rings. The summed E-state index contributed by atoms with van der Waals surface area (Å²) in [6.07, 6.45) is 3.28. The van der Waals surface area contributed by atoms with E-state index < -0.39 is 0 Å². The molecule has 0 unspecified atom stereocenters. The molecule has 2 aromatic rings. The number of carbonyl (C=O) groups excluding carboxylic acids is 1. The summed E-state index contributed by atoms with van der Waals surface area (Å²) >= 11 is 1.46. The van der Waals surface area contributed by atoms with E-state index in [0.29, 0.717) is 24.5 Å². The molecule has 0 atom stereocenters. The molecule has 3 rings (SSSR count). The summed E-state index contributed by atoms with van der Waals surface area (Å²) in [6, 6.07) is 8.69. The van der Waals surface area contributed by atoms with Gasteiger partial charge in [-0.2, -0.15) is 5.26 Å². The Hall–Kier alpha value is -2.69. The Balaban J connectivity index is 1.78. The third-order valence-corrected chi connectivity index (χ3v) is 4.80. The first kappa shape index (κ1) is 17.1. The summed E-state index contributed by atoms with van der Waals surface area (Å²) in [4.78, 5) is 19.8. The molecule has 2 heterocycles. The largest absolute Gasteiger partial charge is 0.497 e. The first-order valence-electron chi connectivity index (χ1n) is 7.80. The highest BCUT2D eigenvalue weighted by molar-refractivity contribution is 7.16. The van der Waals surface area contributed by atoms with E-state index in [1.807, 2.05) is 6.07 Å². The third-order valence-electron chi connectivity index (χ3n) is 3.80. The predicted molar refractivity (Wildman–Crippen MR) is 96.1 cm³/mol. The molecule has 6 nitrogen and oxygen atoms in total. The fourth-order valence-corrected chi connectivity index (χ4v) is 3.34. The Morgan fingerprint density at radius 2 is 2.08 bits per heavy atom. The molecule has 128 valence electrons. The van der Waals surface area contributed by atoms with E-state index in [2.05, 4.69) is 9.88 Å². The number of aromatic nitrogens is 1. The summed E-state index contributed by atoms with van der Waals surface area (Å²) in [5, 5.41) is 10.2. The number of methoxy groups -OCH3 is 1. The number of ketones is 1. The third kappa shape index (κ3) is 4.05.